The second-order valence-electron chi connectivity index (χ2n) is 15.3. The van der Waals surface area contributed by atoms with E-state index in [1.54, 1.807) is 12.1 Å². The lowest BCUT2D eigenvalue weighted by Crippen LogP contribution is -2.55. The van der Waals surface area contributed by atoms with Crippen molar-refractivity contribution >= 4 is 16.0 Å². The topological polar surface area (TPSA) is 66.9 Å². The van der Waals surface area contributed by atoms with Gasteiger partial charge >= 0.3 is 5.97 Å². The molecular formula is C35H53FN2O4S. The highest BCUT2D eigenvalue weighted by molar-refractivity contribution is 7.89. The molecule has 1 aromatic carbocycles. The van der Waals surface area contributed by atoms with Crippen LogP contribution in [0.15, 0.2) is 24.3 Å². The van der Waals surface area contributed by atoms with E-state index in [1.165, 1.54) is 25.0 Å². The predicted octanol–water partition coefficient (Wildman–Crippen LogP) is 6.90. The number of benzene rings is 1. The van der Waals surface area contributed by atoms with Crippen LogP contribution < -0.4 is 0 Å². The highest BCUT2D eigenvalue weighted by atomic mass is 32.2. The first-order chi connectivity index (χ1) is 20.5. The molecule has 0 radical (unpaired) electrons. The zero-order valence-corrected chi connectivity index (χ0v) is 27.4. The maximum Gasteiger partial charge on any atom is 0.311 e. The van der Waals surface area contributed by atoms with Crippen molar-refractivity contribution in [2.75, 3.05) is 25.9 Å². The number of sulfonamides is 1. The van der Waals surface area contributed by atoms with Crippen LogP contribution in [0, 0.1) is 28.5 Å². The van der Waals surface area contributed by atoms with Crippen molar-refractivity contribution in [3.05, 3.63) is 35.6 Å². The second-order valence-corrected chi connectivity index (χ2v) is 17.1. The fraction of sp³-hybridized carbons (Fsp3) is 0.800. The minimum atomic E-state index is -3.58. The van der Waals surface area contributed by atoms with E-state index in [0.29, 0.717) is 12.5 Å². The Kier molecular flexibility index (Phi) is 9.04. The third kappa shape index (κ3) is 5.94. The molecule has 6 nitrogen and oxygen atoms in total. The van der Waals surface area contributed by atoms with Gasteiger partial charge in [-0.2, -0.15) is 4.31 Å². The number of hydrogen-bond donors (Lipinski definition) is 0. The molecule has 0 unspecified atom stereocenters. The Hall–Kier alpha value is -1.51. The van der Waals surface area contributed by atoms with Gasteiger partial charge in [0.1, 0.15) is 11.9 Å². The molecule has 5 atom stereocenters. The van der Waals surface area contributed by atoms with E-state index < -0.39 is 21.5 Å². The van der Waals surface area contributed by atoms with Crippen molar-refractivity contribution in [3.8, 4) is 0 Å². The van der Waals surface area contributed by atoms with E-state index in [4.69, 9.17) is 4.74 Å². The van der Waals surface area contributed by atoms with E-state index in [1.807, 2.05) is 11.4 Å². The predicted molar refractivity (Wildman–Crippen MR) is 168 cm³/mol. The molecule has 240 valence electrons. The van der Waals surface area contributed by atoms with Crippen molar-refractivity contribution in [1.29, 1.82) is 0 Å². The molecule has 43 heavy (non-hydrogen) atoms. The molecule has 2 bridgehead atoms. The summed E-state index contributed by atoms with van der Waals surface area (Å²) in [5, 5.41) is 0. The molecular weight excluding hydrogens is 563 g/mol. The van der Waals surface area contributed by atoms with Crippen LogP contribution in [0.5, 0.6) is 0 Å². The number of fused-ring (bicyclic) bond motifs is 2. The summed E-state index contributed by atoms with van der Waals surface area (Å²) >= 11 is 0. The van der Waals surface area contributed by atoms with Crippen LogP contribution in [0.1, 0.15) is 115 Å². The van der Waals surface area contributed by atoms with Gasteiger partial charge in [-0.1, -0.05) is 64.5 Å². The zero-order chi connectivity index (χ0) is 30.4. The van der Waals surface area contributed by atoms with Gasteiger partial charge in [-0.25, -0.2) is 12.8 Å². The first-order valence-corrected chi connectivity index (χ1v) is 18.8. The van der Waals surface area contributed by atoms with E-state index >= 15 is 0 Å². The Morgan fingerprint density at radius 1 is 0.953 bits per heavy atom. The van der Waals surface area contributed by atoms with Crippen LogP contribution in [-0.4, -0.2) is 67.7 Å². The van der Waals surface area contributed by atoms with Gasteiger partial charge < -0.3 is 9.64 Å². The molecule has 4 aliphatic carbocycles. The monoisotopic (exact) mass is 616 g/mol. The number of ether oxygens (including phenoxy) is 1. The fourth-order valence-corrected chi connectivity index (χ4v) is 12.9. The SMILES string of the molecule is CN1CC[C@@H](c2ccc(F)cc2)[C@H](C(=O)O[C@H]2C[C@@H]3CC[C@]2(CS(=O)(=O)N(C2CCCCC2)C2CCCCC2)C3(C)C)C1. The standard InChI is InChI=1S/C35H53FN2O4S/c1-34(2)26-18-20-35(34,24-43(40,41)38(28-10-6-4-7-11-28)29-12-8-5-9-13-29)32(22-26)42-33(39)31-23-37(3)21-19-30(31)25-14-16-27(36)17-15-25/h14-17,26,28-32H,4-13,18-24H2,1-3H3/t26-,30-,31+,32-,35+/m0/s1. The number of nitrogens with zero attached hydrogens (tertiary/aromatic N) is 2. The summed E-state index contributed by atoms with van der Waals surface area (Å²) in [4.78, 5) is 16.3. The number of rotatable bonds is 8. The number of carbonyl (C=O) groups is 1. The normalized spacial score (nSPS) is 34.1. The first kappa shape index (κ1) is 31.5. The van der Waals surface area contributed by atoms with E-state index in [2.05, 4.69) is 18.7 Å². The fourth-order valence-electron chi connectivity index (χ4n) is 10.0. The average Bonchev–Trinajstić information content (AvgIpc) is 3.33. The van der Waals surface area contributed by atoms with Crippen molar-refractivity contribution in [1.82, 2.24) is 9.21 Å². The van der Waals surface area contributed by atoms with Gasteiger partial charge in [0, 0.05) is 24.0 Å². The molecule has 5 aliphatic rings. The van der Waals surface area contributed by atoms with Gasteiger partial charge in [0.05, 0.1) is 11.7 Å². The first-order valence-electron chi connectivity index (χ1n) is 17.2. The van der Waals surface area contributed by atoms with E-state index in [9.17, 15) is 17.6 Å². The molecule has 6 rings (SSSR count). The summed E-state index contributed by atoms with van der Waals surface area (Å²) in [6.45, 7) is 5.91. The Bertz CT molecular complexity index is 1220. The van der Waals surface area contributed by atoms with Crippen molar-refractivity contribution < 1.29 is 22.3 Å². The van der Waals surface area contributed by atoms with E-state index in [0.717, 1.165) is 89.2 Å². The summed E-state index contributed by atoms with van der Waals surface area (Å²) in [7, 11) is -1.55. The van der Waals surface area contributed by atoms with Crippen LogP contribution in [0.3, 0.4) is 0 Å². The van der Waals surface area contributed by atoms with Crippen LogP contribution in [0.2, 0.25) is 0 Å². The van der Waals surface area contributed by atoms with Crippen molar-refractivity contribution in [2.24, 2.45) is 22.7 Å². The summed E-state index contributed by atoms with van der Waals surface area (Å²) in [6.07, 6.45) is 13.6. The zero-order valence-electron chi connectivity index (χ0n) is 26.6. The molecule has 0 N–H and O–H groups in total. The summed E-state index contributed by atoms with van der Waals surface area (Å²) in [5.74, 6) is -0.466. The third-order valence-electron chi connectivity index (χ3n) is 12.7. The Balaban J connectivity index is 1.27. The molecule has 1 heterocycles. The molecule has 8 heteroatoms. The molecule has 4 saturated carbocycles. The van der Waals surface area contributed by atoms with Crippen molar-refractivity contribution in [3.63, 3.8) is 0 Å². The van der Waals surface area contributed by atoms with Gasteiger partial charge in [-0.3, -0.25) is 4.79 Å². The quantitative estimate of drug-likeness (QED) is 0.298. The highest BCUT2D eigenvalue weighted by Crippen LogP contribution is 2.67. The van der Waals surface area contributed by atoms with Crippen LogP contribution in [-0.2, 0) is 19.6 Å². The maximum atomic E-state index is 14.7. The van der Waals surface area contributed by atoms with Gasteiger partial charge in [0.25, 0.3) is 0 Å². The number of hydrogen-bond acceptors (Lipinski definition) is 5. The Morgan fingerprint density at radius 2 is 1.56 bits per heavy atom. The van der Waals surface area contributed by atoms with Crippen LogP contribution >= 0.6 is 0 Å². The van der Waals surface area contributed by atoms with Crippen LogP contribution in [0.4, 0.5) is 4.39 Å². The highest BCUT2D eigenvalue weighted by Gasteiger charge is 2.67. The Labute approximate surface area is 259 Å². The van der Waals surface area contributed by atoms with Gasteiger partial charge in [0.15, 0.2) is 0 Å². The summed E-state index contributed by atoms with van der Waals surface area (Å²) in [6, 6.07) is 6.75. The second kappa shape index (κ2) is 12.4. The largest absolute Gasteiger partial charge is 0.461 e. The molecule has 1 aromatic rings. The van der Waals surface area contributed by atoms with Gasteiger partial charge in [-0.05, 0) is 99.9 Å². The number of carbonyl (C=O) groups excluding carboxylic acids is 1. The average molecular weight is 617 g/mol. The molecule has 0 amide bonds. The lowest BCUT2D eigenvalue weighted by molar-refractivity contribution is -0.164. The van der Waals surface area contributed by atoms with E-state index in [-0.39, 0.29) is 46.9 Å². The summed E-state index contributed by atoms with van der Waals surface area (Å²) < 4.78 is 51.8. The minimum absolute atomic E-state index is 0.0383. The number of halogens is 1. The molecule has 1 saturated heterocycles. The molecule has 1 aliphatic heterocycles. The lowest BCUT2D eigenvalue weighted by atomic mass is 9.69. The third-order valence-corrected chi connectivity index (χ3v) is 14.8. The van der Waals surface area contributed by atoms with Gasteiger partial charge in [-0.15, -0.1) is 0 Å². The van der Waals surface area contributed by atoms with Crippen molar-refractivity contribution in [2.45, 2.75) is 128 Å². The van der Waals surface area contributed by atoms with Gasteiger partial charge in [0.2, 0.25) is 10.0 Å². The minimum Gasteiger partial charge on any atom is -0.461 e. The molecule has 5 fully saturated rings. The number of esters is 1. The lowest BCUT2D eigenvalue weighted by Gasteiger charge is -2.46. The maximum absolute atomic E-state index is 14.7. The number of likely N-dealkylation sites (tertiary alicyclic amines) is 1. The van der Waals surface area contributed by atoms with Crippen LogP contribution in [0.25, 0.3) is 0 Å². The number of piperidine rings is 1. The molecule has 0 spiro atoms. The Morgan fingerprint density at radius 3 is 2.14 bits per heavy atom. The smallest absolute Gasteiger partial charge is 0.311 e. The molecule has 0 aromatic heterocycles. The summed E-state index contributed by atoms with van der Waals surface area (Å²) in [5.41, 5.74) is 0.160.